The molecule has 1 aromatic heterocycles. The van der Waals surface area contributed by atoms with Crippen LogP contribution in [-0.4, -0.2) is 55.1 Å². The summed E-state index contributed by atoms with van der Waals surface area (Å²) in [6.07, 6.45) is 1.46. The summed E-state index contributed by atoms with van der Waals surface area (Å²) in [5.41, 5.74) is 2.23. The van der Waals surface area contributed by atoms with E-state index in [2.05, 4.69) is 5.32 Å². The predicted molar refractivity (Wildman–Crippen MR) is 135 cm³/mol. The molecule has 2 aliphatic heterocycles. The number of carbonyl (C=O) groups is 2. The van der Waals surface area contributed by atoms with Crippen LogP contribution in [0.1, 0.15) is 40.4 Å². The van der Waals surface area contributed by atoms with E-state index in [1.807, 2.05) is 37.4 Å². The van der Waals surface area contributed by atoms with E-state index in [-0.39, 0.29) is 11.8 Å². The second-order valence-corrected chi connectivity index (χ2v) is 9.90. The number of nitrogens with one attached hydrogen (secondary N) is 1. The van der Waals surface area contributed by atoms with Gasteiger partial charge in [-0.25, -0.2) is 0 Å². The second-order valence-electron chi connectivity index (χ2n) is 9.52. The van der Waals surface area contributed by atoms with Gasteiger partial charge in [0.1, 0.15) is 17.0 Å². The molecule has 0 aliphatic carbocycles. The SMILES string of the molecule is COc1ccc2c(cc(C(=O)NC3(c4ccc(C(C(=O)O)C5CCOCC5)cc4)COC3)n2C)c1Cl. The van der Waals surface area contributed by atoms with Gasteiger partial charge in [0.2, 0.25) is 0 Å². The average molecular weight is 513 g/mol. The number of hydrogen-bond acceptors (Lipinski definition) is 5. The van der Waals surface area contributed by atoms with E-state index < -0.39 is 17.4 Å². The highest BCUT2D eigenvalue weighted by molar-refractivity contribution is 6.37. The zero-order chi connectivity index (χ0) is 25.4. The normalized spacial score (nSPS) is 18.4. The summed E-state index contributed by atoms with van der Waals surface area (Å²) in [5.74, 6) is -1.06. The van der Waals surface area contributed by atoms with Crippen LogP contribution < -0.4 is 10.1 Å². The fraction of sp³-hybridized carbons (Fsp3) is 0.407. The van der Waals surface area contributed by atoms with E-state index in [1.54, 1.807) is 23.8 Å². The van der Waals surface area contributed by atoms with Crippen molar-refractivity contribution in [3.63, 3.8) is 0 Å². The second kappa shape index (κ2) is 9.76. The Morgan fingerprint density at radius 3 is 2.42 bits per heavy atom. The Morgan fingerprint density at radius 2 is 1.83 bits per heavy atom. The number of carbonyl (C=O) groups excluding carboxylic acids is 1. The summed E-state index contributed by atoms with van der Waals surface area (Å²) in [4.78, 5) is 25.5. The number of fused-ring (bicyclic) bond motifs is 1. The largest absolute Gasteiger partial charge is 0.495 e. The number of halogens is 1. The quantitative estimate of drug-likeness (QED) is 0.494. The number of carboxylic acids is 1. The van der Waals surface area contributed by atoms with Crippen molar-refractivity contribution in [1.82, 2.24) is 9.88 Å². The molecule has 2 aliphatic rings. The molecule has 3 aromatic rings. The molecule has 2 saturated heterocycles. The Bertz CT molecular complexity index is 1290. The van der Waals surface area contributed by atoms with Crippen LogP contribution in [0.15, 0.2) is 42.5 Å². The smallest absolute Gasteiger partial charge is 0.311 e. The number of nitrogens with zero attached hydrogens (tertiary/aromatic N) is 1. The van der Waals surface area contributed by atoms with Gasteiger partial charge in [0.15, 0.2) is 0 Å². The Hall–Kier alpha value is -3.07. The summed E-state index contributed by atoms with van der Waals surface area (Å²) >= 11 is 6.48. The van der Waals surface area contributed by atoms with Gasteiger partial charge < -0.3 is 29.2 Å². The van der Waals surface area contributed by atoms with Gasteiger partial charge in [0.05, 0.1) is 36.8 Å². The van der Waals surface area contributed by atoms with E-state index in [0.29, 0.717) is 42.9 Å². The van der Waals surface area contributed by atoms with Crippen molar-refractivity contribution in [2.45, 2.75) is 24.3 Å². The fourth-order valence-electron chi connectivity index (χ4n) is 5.30. The van der Waals surface area contributed by atoms with Crippen LogP contribution in [0.3, 0.4) is 0 Å². The number of ether oxygens (including phenoxy) is 3. The van der Waals surface area contributed by atoms with Crippen molar-refractivity contribution < 1.29 is 28.9 Å². The van der Waals surface area contributed by atoms with Crippen LogP contribution in [0.25, 0.3) is 10.9 Å². The molecule has 0 saturated carbocycles. The van der Waals surface area contributed by atoms with Gasteiger partial charge in [0.25, 0.3) is 5.91 Å². The van der Waals surface area contributed by atoms with E-state index in [1.165, 1.54) is 0 Å². The van der Waals surface area contributed by atoms with Gasteiger partial charge in [-0.05, 0) is 48.1 Å². The molecule has 2 aromatic carbocycles. The maximum Gasteiger partial charge on any atom is 0.311 e. The Balaban J connectivity index is 1.40. The lowest BCUT2D eigenvalue weighted by Gasteiger charge is -2.42. The minimum absolute atomic E-state index is 0.0414. The molecule has 0 bridgehead atoms. The monoisotopic (exact) mass is 512 g/mol. The molecule has 1 unspecified atom stereocenters. The summed E-state index contributed by atoms with van der Waals surface area (Å²) in [6.45, 7) is 1.84. The molecule has 5 rings (SSSR count). The molecule has 1 amide bonds. The third-order valence-corrected chi connectivity index (χ3v) is 7.84. The molecule has 36 heavy (non-hydrogen) atoms. The Labute approximate surface area is 214 Å². The van der Waals surface area contributed by atoms with E-state index in [9.17, 15) is 14.7 Å². The Morgan fingerprint density at radius 1 is 1.14 bits per heavy atom. The third-order valence-electron chi connectivity index (χ3n) is 7.45. The first-order chi connectivity index (χ1) is 17.3. The zero-order valence-electron chi connectivity index (χ0n) is 20.3. The standard InChI is InChI=1S/C27H29ClN2O6/c1-30-20-7-8-22(34-2)24(28)19(20)13-21(30)25(31)29-27(14-36-15-27)18-5-3-16(4-6-18)23(26(32)33)17-9-11-35-12-10-17/h3-8,13,17,23H,9-12,14-15H2,1-2H3,(H,29,31)(H,32,33). The van der Waals surface area contributed by atoms with Crippen LogP contribution in [0, 0.1) is 5.92 Å². The van der Waals surface area contributed by atoms with Gasteiger partial charge in [0, 0.05) is 25.6 Å². The summed E-state index contributed by atoms with van der Waals surface area (Å²) in [7, 11) is 3.37. The molecule has 2 N–H and O–H groups in total. The van der Waals surface area contributed by atoms with Gasteiger partial charge in [-0.15, -0.1) is 0 Å². The first-order valence-corrected chi connectivity index (χ1v) is 12.4. The molecule has 8 nitrogen and oxygen atoms in total. The topological polar surface area (TPSA) is 99.0 Å². The minimum atomic E-state index is -0.823. The number of rotatable bonds is 7. The van der Waals surface area contributed by atoms with Crippen molar-refractivity contribution in [2.24, 2.45) is 13.0 Å². The number of carboxylic acid groups (broad SMARTS) is 1. The number of amides is 1. The number of aryl methyl sites for hydroxylation is 1. The van der Waals surface area contributed by atoms with Crippen molar-refractivity contribution in [1.29, 1.82) is 0 Å². The number of benzene rings is 2. The highest BCUT2D eigenvalue weighted by Gasteiger charge is 2.43. The van der Waals surface area contributed by atoms with Crippen LogP contribution in [-0.2, 0) is 26.9 Å². The van der Waals surface area contributed by atoms with E-state index in [0.717, 1.165) is 34.9 Å². The summed E-state index contributed by atoms with van der Waals surface area (Å²) < 4.78 is 18.0. The lowest BCUT2D eigenvalue weighted by atomic mass is 9.80. The Kier molecular flexibility index (Phi) is 6.68. The first kappa shape index (κ1) is 24.6. The third kappa shape index (κ3) is 4.23. The zero-order valence-corrected chi connectivity index (χ0v) is 21.0. The maximum absolute atomic E-state index is 13.4. The molecule has 9 heteroatoms. The first-order valence-electron chi connectivity index (χ1n) is 12.0. The lowest BCUT2D eigenvalue weighted by Crippen LogP contribution is -2.59. The van der Waals surface area contributed by atoms with Gasteiger partial charge in [-0.3, -0.25) is 9.59 Å². The van der Waals surface area contributed by atoms with Crippen molar-refractivity contribution in [3.8, 4) is 5.75 Å². The molecule has 0 spiro atoms. The fourth-order valence-corrected chi connectivity index (χ4v) is 5.60. The van der Waals surface area contributed by atoms with E-state index in [4.69, 9.17) is 25.8 Å². The van der Waals surface area contributed by atoms with Gasteiger partial charge >= 0.3 is 5.97 Å². The molecular weight excluding hydrogens is 484 g/mol. The van der Waals surface area contributed by atoms with Gasteiger partial charge in [-0.1, -0.05) is 35.9 Å². The average Bonchev–Trinajstić information content (AvgIpc) is 3.20. The predicted octanol–water partition coefficient (Wildman–Crippen LogP) is 4.09. The molecule has 2 fully saturated rings. The molecule has 0 radical (unpaired) electrons. The van der Waals surface area contributed by atoms with Crippen molar-refractivity contribution >= 4 is 34.4 Å². The minimum Gasteiger partial charge on any atom is -0.495 e. The highest BCUT2D eigenvalue weighted by Crippen LogP contribution is 2.37. The maximum atomic E-state index is 13.4. The van der Waals surface area contributed by atoms with Crippen LogP contribution >= 0.6 is 11.6 Å². The number of aliphatic carboxylic acids is 1. The number of hydrogen-bond donors (Lipinski definition) is 2. The van der Waals surface area contributed by atoms with E-state index >= 15 is 0 Å². The summed E-state index contributed by atoms with van der Waals surface area (Å²) in [6, 6.07) is 12.9. The summed E-state index contributed by atoms with van der Waals surface area (Å²) in [5, 5.41) is 14.3. The highest BCUT2D eigenvalue weighted by atomic mass is 35.5. The van der Waals surface area contributed by atoms with Crippen molar-refractivity contribution in [3.05, 3.63) is 64.3 Å². The molecule has 190 valence electrons. The lowest BCUT2D eigenvalue weighted by molar-refractivity contribution is -0.141. The van der Waals surface area contributed by atoms with Crippen LogP contribution in [0.2, 0.25) is 5.02 Å². The van der Waals surface area contributed by atoms with Gasteiger partial charge in [-0.2, -0.15) is 0 Å². The molecule has 3 heterocycles. The molecule has 1 atom stereocenters. The molecular formula is C27H29ClN2O6. The van der Waals surface area contributed by atoms with Crippen molar-refractivity contribution in [2.75, 3.05) is 33.5 Å². The van der Waals surface area contributed by atoms with Crippen LogP contribution in [0.4, 0.5) is 0 Å². The number of aromatic nitrogens is 1. The van der Waals surface area contributed by atoms with Crippen LogP contribution in [0.5, 0.6) is 5.75 Å². The number of methoxy groups -OCH3 is 1.